The van der Waals surface area contributed by atoms with Crippen molar-refractivity contribution in [1.29, 1.82) is 0 Å². The normalized spacial score (nSPS) is 12.4. The summed E-state index contributed by atoms with van der Waals surface area (Å²) in [4.78, 5) is 8.51. The van der Waals surface area contributed by atoms with Gasteiger partial charge in [0.25, 0.3) is 0 Å². The van der Waals surface area contributed by atoms with Gasteiger partial charge in [-0.25, -0.2) is 0 Å². The maximum absolute atomic E-state index is 6.31. The van der Waals surface area contributed by atoms with Gasteiger partial charge in [-0.05, 0) is 36.7 Å². The molecule has 3 nitrogen and oxygen atoms in total. The van der Waals surface area contributed by atoms with Gasteiger partial charge < -0.3 is 5.32 Å². The minimum atomic E-state index is -0.0429. The molecule has 0 aliphatic heterocycles. The average Bonchev–Trinajstić information content (AvgIpc) is 2.44. The second kappa shape index (κ2) is 6.98. The Labute approximate surface area is 126 Å². The van der Waals surface area contributed by atoms with Crippen molar-refractivity contribution in [2.45, 2.75) is 19.4 Å². The molecule has 5 heteroatoms. The van der Waals surface area contributed by atoms with Gasteiger partial charge in [-0.2, -0.15) is 0 Å². The Morgan fingerprint density at radius 3 is 2.89 bits per heavy atom. The molecule has 19 heavy (non-hydrogen) atoms. The van der Waals surface area contributed by atoms with Crippen LogP contribution in [0.3, 0.4) is 0 Å². The molecular weight excluding hydrogens is 326 g/mol. The van der Waals surface area contributed by atoms with Crippen LogP contribution in [0.5, 0.6) is 0 Å². The van der Waals surface area contributed by atoms with Crippen molar-refractivity contribution in [3.8, 4) is 0 Å². The van der Waals surface area contributed by atoms with Crippen molar-refractivity contribution >= 4 is 27.5 Å². The van der Waals surface area contributed by atoms with E-state index in [1.54, 1.807) is 18.6 Å². The minimum Gasteiger partial charge on any atom is -0.305 e. The van der Waals surface area contributed by atoms with E-state index in [4.69, 9.17) is 11.6 Å². The molecule has 0 saturated heterocycles. The van der Waals surface area contributed by atoms with E-state index in [1.807, 2.05) is 18.2 Å². The van der Waals surface area contributed by atoms with Crippen molar-refractivity contribution in [1.82, 2.24) is 15.3 Å². The Kier molecular flexibility index (Phi) is 5.31. The molecule has 1 N–H and O–H groups in total. The van der Waals surface area contributed by atoms with Crippen molar-refractivity contribution in [2.75, 3.05) is 6.54 Å². The Morgan fingerprint density at radius 2 is 2.21 bits per heavy atom. The smallest absolute Gasteiger partial charge is 0.0802 e. The SMILES string of the molecule is CCCNC(c1cnccn1)c1cc(Br)ccc1Cl. The van der Waals surface area contributed by atoms with Crippen molar-refractivity contribution in [3.63, 3.8) is 0 Å². The second-order valence-electron chi connectivity index (χ2n) is 4.18. The summed E-state index contributed by atoms with van der Waals surface area (Å²) >= 11 is 9.79. The predicted octanol–water partition coefficient (Wildman–Crippen LogP) is 3.98. The summed E-state index contributed by atoms with van der Waals surface area (Å²) in [5.41, 5.74) is 1.88. The highest BCUT2D eigenvalue weighted by atomic mass is 79.9. The fraction of sp³-hybridized carbons (Fsp3) is 0.286. The lowest BCUT2D eigenvalue weighted by molar-refractivity contribution is 0.584. The van der Waals surface area contributed by atoms with Gasteiger partial charge in [-0.15, -0.1) is 0 Å². The van der Waals surface area contributed by atoms with Gasteiger partial charge in [0.1, 0.15) is 0 Å². The summed E-state index contributed by atoms with van der Waals surface area (Å²) in [5, 5.41) is 4.19. The summed E-state index contributed by atoms with van der Waals surface area (Å²) in [6.45, 7) is 3.02. The molecule has 1 aromatic carbocycles. The van der Waals surface area contributed by atoms with Gasteiger partial charge in [0, 0.05) is 21.9 Å². The molecular formula is C14H15BrClN3. The van der Waals surface area contributed by atoms with Gasteiger partial charge in [0.15, 0.2) is 0 Å². The fourth-order valence-corrected chi connectivity index (χ4v) is 2.46. The van der Waals surface area contributed by atoms with E-state index >= 15 is 0 Å². The van der Waals surface area contributed by atoms with Crippen LogP contribution in [-0.2, 0) is 0 Å². The molecule has 0 bridgehead atoms. The molecule has 1 atom stereocenters. The number of aromatic nitrogens is 2. The molecule has 0 spiro atoms. The maximum atomic E-state index is 6.31. The van der Waals surface area contributed by atoms with Crippen LogP contribution < -0.4 is 5.32 Å². The molecule has 0 aliphatic carbocycles. The molecule has 1 aromatic heterocycles. The molecule has 1 heterocycles. The molecule has 0 amide bonds. The van der Waals surface area contributed by atoms with Gasteiger partial charge in [0.2, 0.25) is 0 Å². The van der Waals surface area contributed by atoms with Crippen LogP contribution in [0.15, 0.2) is 41.3 Å². The summed E-state index contributed by atoms with van der Waals surface area (Å²) in [5.74, 6) is 0. The molecule has 100 valence electrons. The molecule has 0 aliphatic rings. The van der Waals surface area contributed by atoms with E-state index < -0.39 is 0 Å². The highest BCUT2D eigenvalue weighted by Gasteiger charge is 2.18. The van der Waals surface area contributed by atoms with Crippen molar-refractivity contribution in [3.05, 3.63) is 57.5 Å². The van der Waals surface area contributed by atoms with Crippen LogP contribution in [0.4, 0.5) is 0 Å². The highest BCUT2D eigenvalue weighted by Crippen LogP contribution is 2.29. The highest BCUT2D eigenvalue weighted by molar-refractivity contribution is 9.10. The second-order valence-corrected chi connectivity index (χ2v) is 5.51. The fourth-order valence-electron chi connectivity index (χ4n) is 1.86. The zero-order valence-corrected chi connectivity index (χ0v) is 12.9. The third-order valence-electron chi connectivity index (χ3n) is 2.75. The molecule has 1 unspecified atom stereocenters. The van der Waals surface area contributed by atoms with E-state index in [2.05, 4.69) is 38.1 Å². The van der Waals surface area contributed by atoms with Crippen molar-refractivity contribution < 1.29 is 0 Å². The average molecular weight is 341 g/mol. The zero-order valence-electron chi connectivity index (χ0n) is 10.6. The Morgan fingerprint density at radius 1 is 1.37 bits per heavy atom. The maximum Gasteiger partial charge on any atom is 0.0802 e. The minimum absolute atomic E-state index is 0.0429. The monoisotopic (exact) mass is 339 g/mol. The summed E-state index contributed by atoms with van der Waals surface area (Å²) in [6, 6.07) is 5.79. The number of benzene rings is 1. The molecule has 0 radical (unpaired) electrons. The zero-order chi connectivity index (χ0) is 13.7. The van der Waals surface area contributed by atoms with E-state index in [9.17, 15) is 0 Å². The van der Waals surface area contributed by atoms with E-state index in [0.717, 1.165) is 33.7 Å². The third kappa shape index (κ3) is 3.75. The lowest BCUT2D eigenvalue weighted by atomic mass is 10.0. The lowest BCUT2D eigenvalue weighted by Crippen LogP contribution is -2.24. The Hall–Kier alpha value is -0.970. The van der Waals surface area contributed by atoms with Gasteiger partial charge in [-0.3, -0.25) is 9.97 Å². The van der Waals surface area contributed by atoms with Crippen LogP contribution >= 0.6 is 27.5 Å². The van der Waals surface area contributed by atoms with Crippen LogP contribution in [0.2, 0.25) is 5.02 Å². The number of nitrogens with zero attached hydrogens (tertiary/aromatic N) is 2. The largest absolute Gasteiger partial charge is 0.305 e. The van der Waals surface area contributed by atoms with Gasteiger partial charge in [-0.1, -0.05) is 34.5 Å². The third-order valence-corrected chi connectivity index (χ3v) is 3.58. The van der Waals surface area contributed by atoms with E-state index in [0.29, 0.717) is 0 Å². The number of rotatable bonds is 5. The van der Waals surface area contributed by atoms with E-state index in [1.165, 1.54) is 0 Å². The molecule has 0 saturated carbocycles. The van der Waals surface area contributed by atoms with Crippen LogP contribution in [-0.4, -0.2) is 16.5 Å². The van der Waals surface area contributed by atoms with Gasteiger partial charge in [0.05, 0.1) is 17.9 Å². The topological polar surface area (TPSA) is 37.8 Å². The number of nitrogens with one attached hydrogen (secondary N) is 1. The van der Waals surface area contributed by atoms with Crippen molar-refractivity contribution in [2.24, 2.45) is 0 Å². The number of hydrogen-bond acceptors (Lipinski definition) is 3. The first kappa shape index (κ1) is 14.4. The summed E-state index contributed by atoms with van der Waals surface area (Å²) < 4.78 is 0.999. The number of halogens is 2. The van der Waals surface area contributed by atoms with Crippen LogP contribution in [0.25, 0.3) is 0 Å². The Balaban J connectivity index is 2.40. The van der Waals surface area contributed by atoms with Crippen LogP contribution in [0, 0.1) is 0 Å². The predicted molar refractivity (Wildman–Crippen MR) is 81.3 cm³/mol. The summed E-state index contributed by atoms with van der Waals surface area (Å²) in [7, 11) is 0. The molecule has 2 aromatic rings. The molecule has 0 fully saturated rings. The van der Waals surface area contributed by atoms with E-state index in [-0.39, 0.29) is 6.04 Å². The van der Waals surface area contributed by atoms with Gasteiger partial charge >= 0.3 is 0 Å². The lowest BCUT2D eigenvalue weighted by Gasteiger charge is -2.19. The number of hydrogen-bond donors (Lipinski definition) is 1. The van der Waals surface area contributed by atoms with Crippen LogP contribution in [0.1, 0.15) is 30.6 Å². The Bertz CT molecular complexity index is 533. The quantitative estimate of drug-likeness (QED) is 0.894. The summed E-state index contributed by atoms with van der Waals surface area (Å²) in [6.07, 6.45) is 6.18. The first-order valence-electron chi connectivity index (χ1n) is 6.16. The molecule has 2 rings (SSSR count). The first-order chi connectivity index (χ1) is 9.22. The first-order valence-corrected chi connectivity index (χ1v) is 7.33. The standard InChI is InChI=1S/C14H15BrClN3/c1-2-5-19-14(13-9-17-6-7-18-13)11-8-10(15)3-4-12(11)16/h3-4,6-9,14,19H,2,5H2,1H3.